The first kappa shape index (κ1) is 17.5. The highest BCUT2D eigenvalue weighted by Crippen LogP contribution is 2.12. The van der Waals surface area contributed by atoms with E-state index in [4.69, 9.17) is 5.73 Å². The maximum atomic E-state index is 5.89. The van der Waals surface area contributed by atoms with Crippen molar-refractivity contribution < 1.29 is 0 Å². The molecule has 3 N–H and O–H groups in total. The first-order valence-corrected chi connectivity index (χ1v) is 8.04. The van der Waals surface area contributed by atoms with Gasteiger partial charge in [-0.05, 0) is 30.6 Å². The average Bonchev–Trinajstić information content (AvgIpc) is 2.51. The molecule has 21 heavy (non-hydrogen) atoms. The number of nitrogens with two attached hydrogens (primary N) is 1. The normalized spacial score (nSPS) is 11.9. The van der Waals surface area contributed by atoms with E-state index in [1.54, 1.807) is 0 Å². The molecule has 0 aliphatic rings. The van der Waals surface area contributed by atoms with Crippen LogP contribution in [0.5, 0.6) is 0 Å². The minimum atomic E-state index is 0.543. The zero-order valence-electron chi connectivity index (χ0n) is 13.7. The number of guanidine groups is 1. The SMILES string of the molecule is CCCCNC(N)=NCc1ccccc1CN(CC)CC. The van der Waals surface area contributed by atoms with Gasteiger partial charge in [0.1, 0.15) is 0 Å². The summed E-state index contributed by atoms with van der Waals surface area (Å²) in [6.45, 7) is 11.2. The number of hydrogen-bond donors (Lipinski definition) is 2. The monoisotopic (exact) mass is 290 g/mol. The number of benzene rings is 1. The number of nitrogens with one attached hydrogen (secondary N) is 1. The third-order valence-corrected chi connectivity index (χ3v) is 3.66. The molecular weight excluding hydrogens is 260 g/mol. The molecule has 1 aromatic rings. The molecule has 0 radical (unpaired) electrons. The van der Waals surface area contributed by atoms with Crippen LogP contribution in [-0.4, -0.2) is 30.5 Å². The molecule has 0 fully saturated rings. The van der Waals surface area contributed by atoms with E-state index >= 15 is 0 Å². The zero-order chi connectivity index (χ0) is 15.5. The van der Waals surface area contributed by atoms with Gasteiger partial charge in [-0.2, -0.15) is 0 Å². The summed E-state index contributed by atoms with van der Waals surface area (Å²) in [5.74, 6) is 0.543. The van der Waals surface area contributed by atoms with Crippen molar-refractivity contribution in [1.29, 1.82) is 0 Å². The summed E-state index contributed by atoms with van der Waals surface area (Å²) in [5, 5.41) is 3.15. The van der Waals surface area contributed by atoms with Gasteiger partial charge in [-0.3, -0.25) is 4.90 Å². The molecule has 0 aliphatic heterocycles. The van der Waals surface area contributed by atoms with E-state index in [2.05, 4.69) is 60.2 Å². The van der Waals surface area contributed by atoms with Gasteiger partial charge in [0.25, 0.3) is 0 Å². The standard InChI is InChI=1S/C17H30N4/c1-4-7-12-19-17(18)20-13-15-10-8-9-11-16(15)14-21(5-2)6-3/h8-11H,4-7,12-14H2,1-3H3,(H3,18,19,20). The molecule has 0 bridgehead atoms. The summed E-state index contributed by atoms with van der Waals surface area (Å²) in [4.78, 5) is 6.86. The largest absolute Gasteiger partial charge is 0.370 e. The van der Waals surface area contributed by atoms with Crippen LogP contribution in [0.1, 0.15) is 44.7 Å². The summed E-state index contributed by atoms with van der Waals surface area (Å²) >= 11 is 0. The molecule has 4 nitrogen and oxygen atoms in total. The van der Waals surface area contributed by atoms with Gasteiger partial charge in [-0.25, -0.2) is 4.99 Å². The summed E-state index contributed by atoms with van der Waals surface area (Å²) in [6.07, 6.45) is 2.28. The van der Waals surface area contributed by atoms with Gasteiger partial charge < -0.3 is 11.1 Å². The van der Waals surface area contributed by atoms with Crippen LogP contribution in [0, 0.1) is 0 Å². The maximum absolute atomic E-state index is 5.89. The van der Waals surface area contributed by atoms with Crippen molar-refractivity contribution in [3.63, 3.8) is 0 Å². The number of nitrogens with zero attached hydrogens (tertiary/aromatic N) is 2. The Morgan fingerprint density at radius 1 is 1.14 bits per heavy atom. The maximum Gasteiger partial charge on any atom is 0.188 e. The fourth-order valence-electron chi connectivity index (χ4n) is 2.17. The van der Waals surface area contributed by atoms with Crippen LogP contribution in [0.3, 0.4) is 0 Å². The second kappa shape index (κ2) is 10.2. The van der Waals surface area contributed by atoms with Crippen molar-refractivity contribution in [2.45, 2.75) is 46.7 Å². The molecule has 0 saturated heterocycles. The van der Waals surface area contributed by atoms with Crippen LogP contribution < -0.4 is 11.1 Å². The fourth-order valence-corrected chi connectivity index (χ4v) is 2.17. The molecule has 118 valence electrons. The number of rotatable bonds is 9. The third kappa shape index (κ3) is 6.63. The molecule has 0 heterocycles. The van der Waals surface area contributed by atoms with Crippen LogP contribution >= 0.6 is 0 Å². The van der Waals surface area contributed by atoms with E-state index in [0.717, 1.165) is 39.0 Å². The number of unbranched alkanes of at least 4 members (excludes halogenated alkanes) is 1. The predicted molar refractivity (Wildman–Crippen MR) is 91.3 cm³/mol. The van der Waals surface area contributed by atoms with Crippen LogP contribution in [0.4, 0.5) is 0 Å². The molecule has 0 amide bonds. The van der Waals surface area contributed by atoms with Crippen molar-refractivity contribution in [3.8, 4) is 0 Å². The van der Waals surface area contributed by atoms with Crippen molar-refractivity contribution in [1.82, 2.24) is 10.2 Å². The lowest BCUT2D eigenvalue weighted by molar-refractivity contribution is 0.295. The lowest BCUT2D eigenvalue weighted by Gasteiger charge is -2.19. The first-order valence-electron chi connectivity index (χ1n) is 8.04. The van der Waals surface area contributed by atoms with Crippen molar-refractivity contribution in [2.24, 2.45) is 10.7 Å². The van der Waals surface area contributed by atoms with Crippen LogP contribution in [-0.2, 0) is 13.1 Å². The number of aliphatic imine (C=N–C) groups is 1. The minimum Gasteiger partial charge on any atom is -0.370 e. The van der Waals surface area contributed by atoms with Gasteiger partial charge in [0.15, 0.2) is 5.96 Å². The smallest absolute Gasteiger partial charge is 0.188 e. The Morgan fingerprint density at radius 3 is 2.43 bits per heavy atom. The van der Waals surface area contributed by atoms with Gasteiger partial charge in [0.2, 0.25) is 0 Å². The number of hydrogen-bond acceptors (Lipinski definition) is 2. The van der Waals surface area contributed by atoms with Crippen molar-refractivity contribution in [2.75, 3.05) is 19.6 Å². The molecule has 0 unspecified atom stereocenters. The Morgan fingerprint density at radius 2 is 1.81 bits per heavy atom. The Bertz CT molecular complexity index is 425. The Hall–Kier alpha value is -1.55. The Labute approximate surface area is 129 Å². The molecular formula is C17H30N4. The fraction of sp³-hybridized carbons (Fsp3) is 0.588. The zero-order valence-corrected chi connectivity index (χ0v) is 13.7. The van der Waals surface area contributed by atoms with E-state index < -0.39 is 0 Å². The lowest BCUT2D eigenvalue weighted by Crippen LogP contribution is -2.32. The Kier molecular flexibility index (Phi) is 8.51. The van der Waals surface area contributed by atoms with Crippen molar-refractivity contribution >= 4 is 5.96 Å². The molecule has 0 saturated carbocycles. The summed E-state index contributed by atoms with van der Waals surface area (Å²) in [6, 6.07) is 8.48. The molecule has 4 heteroatoms. The van der Waals surface area contributed by atoms with Gasteiger partial charge >= 0.3 is 0 Å². The highest BCUT2D eigenvalue weighted by atomic mass is 15.1. The van der Waals surface area contributed by atoms with Crippen molar-refractivity contribution in [3.05, 3.63) is 35.4 Å². The summed E-state index contributed by atoms with van der Waals surface area (Å²) in [5.41, 5.74) is 8.49. The quantitative estimate of drug-likeness (QED) is 0.418. The molecule has 0 aliphatic carbocycles. The first-order chi connectivity index (χ1) is 10.2. The van der Waals surface area contributed by atoms with Crippen LogP contribution in [0.15, 0.2) is 29.3 Å². The van der Waals surface area contributed by atoms with E-state index in [1.807, 2.05) is 0 Å². The van der Waals surface area contributed by atoms with Gasteiger partial charge in [-0.1, -0.05) is 51.5 Å². The summed E-state index contributed by atoms with van der Waals surface area (Å²) in [7, 11) is 0. The Balaban J connectivity index is 2.64. The van der Waals surface area contributed by atoms with E-state index in [0.29, 0.717) is 12.5 Å². The average molecular weight is 290 g/mol. The minimum absolute atomic E-state index is 0.543. The second-order valence-corrected chi connectivity index (χ2v) is 5.21. The highest BCUT2D eigenvalue weighted by Gasteiger charge is 2.05. The summed E-state index contributed by atoms with van der Waals surface area (Å²) < 4.78 is 0. The third-order valence-electron chi connectivity index (χ3n) is 3.66. The lowest BCUT2D eigenvalue weighted by atomic mass is 10.1. The highest BCUT2D eigenvalue weighted by molar-refractivity contribution is 5.77. The topological polar surface area (TPSA) is 53.6 Å². The van der Waals surface area contributed by atoms with Gasteiger partial charge in [-0.15, -0.1) is 0 Å². The van der Waals surface area contributed by atoms with Crippen LogP contribution in [0.2, 0.25) is 0 Å². The molecule has 1 aromatic carbocycles. The predicted octanol–water partition coefficient (Wildman–Crippen LogP) is 2.73. The molecule has 0 aromatic heterocycles. The van der Waals surface area contributed by atoms with E-state index in [-0.39, 0.29) is 0 Å². The second-order valence-electron chi connectivity index (χ2n) is 5.21. The molecule has 1 rings (SSSR count). The molecule has 0 spiro atoms. The molecule has 0 atom stereocenters. The van der Waals surface area contributed by atoms with Gasteiger partial charge in [0, 0.05) is 13.1 Å². The van der Waals surface area contributed by atoms with Crippen LogP contribution in [0.25, 0.3) is 0 Å². The van der Waals surface area contributed by atoms with Gasteiger partial charge in [0.05, 0.1) is 6.54 Å². The van der Waals surface area contributed by atoms with E-state index in [1.165, 1.54) is 11.1 Å². The van der Waals surface area contributed by atoms with E-state index in [9.17, 15) is 0 Å².